The summed E-state index contributed by atoms with van der Waals surface area (Å²) in [5.41, 5.74) is 3.50. The Morgan fingerprint density at radius 3 is 2.67 bits per heavy atom. The van der Waals surface area contributed by atoms with Crippen molar-refractivity contribution in [1.29, 1.82) is 10.5 Å². The minimum absolute atomic E-state index is 0.197. The van der Waals surface area contributed by atoms with Gasteiger partial charge in [-0.05, 0) is 24.6 Å². The average molecular weight is 344 g/mol. The van der Waals surface area contributed by atoms with Crippen molar-refractivity contribution in [3.63, 3.8) is 0 Å². The molecule has 1 spiro atoms. The van der Waals surface area contributed by atoms with Crippen LogP contribution in [0.3, 0.4) is 0 Å². The zero-order valence-corrected chi connectivity index (χ0v) is 14.0. The second-order valence-corrected chi connectivity index (χ2v) is 7.19. The lowest BCUT2D eigenvalue weighted by Gasteiger charge is -2.27. The van der Waals surface area contributed by atoms with Gasteiger partial charge in [-0.2, -0.15) is 10.5 Å². The Balaban J connectivity index is 2.00. The topological polar surface area (TPSA) is 106 Å². The average Bonchev–Trinajstić information content (AvgIpc) is 2.73. The van der Waals surface area contributed by atoms with Gasteiger partial charge in [0.2, 0.25) is 0 Å². The summed E-state index contributed by atoms with van der Waals surface area (Å²) in [6, 6.07) is 11.8. The number of nitrogens with zero attached hydrogens (tertiary/aromatic N) is 2. The van der Waals surface area contributed by atoms with E-state index in [0.29, 0.717) is 11.6 Å². The quantitative estimate of drug-likeness (QED) is 0.756. The second-order valence-electron chi connectivity index (χ2n) is 6.75. The van der Waals surface area contributed by atoms with Crippen LogP contribution >= 0.6 is 11.6 Å². The van der Waals surface area contributed by atoms with E-state index in [9.17, 15) is 10.5 Å². The fourth-order valence-electron chi connectivity index (χ4n) is 4.74. The van der Waals surface area contributed by atoms with E-state index in [1.54, 1.807) is 18.2 Å². The molecule has 122 valence electrons. The predicted octanol–water partition coefficient (Wildman–Crippen LogP) is 0.172. The van der Waals surface area contributed by atoms with Gasteiger partial charge < -0.3 is 9.47 Å². The van der Waals surface area contributed by atoms with E-state index >= 15 is 0 Å². The zero-order valence-electron chi connectivity index (χ0n) is 13.3. The second kappa shape index (κ2) is 4.29. The smallest absolute Gasteiger partial charge is 0.311 e. The SMILES string of the molecule is C[C@@H]1CO[C@]2([NH+]=C(N)[C@@]3(C#N)[C@](C)(c4cccc(Cl)c4)[C@@]23C#N)O1. The van der Waals surface area contributed by atoms with E-state index in [-0.39, 0.29) is 11.9 Å². The maximum Gasteiger partial charge on any atom is 0.344 e. The summed E-state index contributed by atoms with van der Waals surface area (Å²) in [7, 11) is 0. The maximum absolute atomic E-state index is 10.2. The third-order valence-corrected chi connectivity index (χ3v) is 6.06. The number of ether oxygens (including phenoxy) is 2. The molecule has 7 heteroatoms. The molecule has 3 N–H and O–H groups in total. The highest BCUT2D eigenvalue weighted by Gasteiger charge is 3.03. The molecule has 4 rings (SSSR count). The van der Waals surface area contributed by atoms with Gasteiger partial charge in [-0.15, -0.1) is 0 Å². The molecule has 24 heavy (non-hydrogen) atoms. The van der Waals surface area contributed by atoms with Gasteiger partial charge in [0.1, 0.15) is 0 Å². The molecule has 0 unspecified atom stereocenters. The first-order valence-corrected chi connectivity index (χ1v) is 8.04. The van der Waals surface area contributed by atoms with Crippen LogP contribution < -0.4 is 10.7 Å². The van der Waals surface area contributed by atoms with Gasteiger partial charge in [0.15, 0.2) is 10.8 Å². The molecule has 2 fully saturated rings. The molecular formula is C17H16ClN4O2+. The molecule has 0 aromatic heterocycles. The lowest BCUT2D eigenvalue weighted by atomic mass is 9.84. The molecule has 1 aromatic rings. The standard InChI is InChI=1S/C17H15ClN4O2/c1-10-7-23-17(24-10)16(9-20)14(2,11-4-3-5-12(18)6-11)15(16,8-19)13(21)22-17/h3-6,10H,7H2,1-2H3,(H2,21,22)/p+1/t10-,14+,15+,16-,17+/m1/s1. The van der Waals surface area contributed by atoms with E-state index in [1.165, 1.54) is 0 Å². The van der Waals surface area contributed by atoms with Crippen molar-refractivity contribution < 1.29 is 14.5 Å². The molecule has 6 nitrogen and oxygen atoms in total. The molecule has 2 aliphatic heterocycles. The van der Waals surface area contributed by atoms with Crippen molar-refractivity contribution in [2.24, 2.45) is 16.6 Å². The lowest BCUT2D eigenvalue weighted by Crippen LogP contribution is -2.90. The van der Waals surface area contributed by atoms with Crippen LogP contribution in [0.15, 0.2) is 24.3 Å². The largest absolute Gasteiger partial charge is 0.344 e. The van der Waals surface area contributed by atoms with E-state index in [4.69, 9.17) is 26.8 Å². The van der Waals surface area contributed by atoms with E-state index in [0.717, 1.165) is 5.56 Å². The van der Waals surface area contributed by atoms with Crippen molar-refractivity contribution >= 4 is 17.4 Å². The van der Waals surface area contributed by atoms with Gasteiger partial charge in [-0.1, -0.05) is 30.7 Å². The minimum Gasteiger partial charge on any atom is -0.311 e. The van der Waals surface area contributed by atoms with Gasteiger partial charge in [0.25, 0.3) is 5.84 Å². The number of hydrogen-bond donors (Lipinski definition) is 2. The van der Waals surface area contributed by atoms with Crippen LogP contribution in [0.2, 0.25) is 5.02 Å². The fraction of sp³-hybridized carbons (Fsp3) is 0.471. The van der Waals surface area contributed by atoms with Gasteiger partial charge in [0, 0.05) is 5.02 Å². The third-order valence-electron chi connectivity index (χ3n) is 5.82. The molecule has 0 bridgehead atoms. The number of halogens is 1. The molecule has 0 radical (unpaired) electrons. The molecular weight excluding hydrogens is 328 g/mol. The van der Waals surface area contributed by atoms with Crippen LogP contribution in [0.4, 0.5) is 0 Å². The molecule has 5 atom stereocenters. The maximum atomic E-state index is 10.2. The Labute approximate surface area is 144 Å². The summed E-state index contributed by atoms with van der Waals surface area (Å²) in [5, 5.41) is 20.7. The zero-order chi connectivity index (χ0) is 17.4. The third kappa shape index (κ3) is 1.23. The number of benzene rings is 1. The van der Waals surface area contributed by atoms with Crippen LogP contribution in [-0.2, 0) is 14.9 Å². The summed E-state index contributed by atoms with van der Waals surface area (Å²) < 4.78 is 11.8. The van der Waals surface area contributed by atoms with Crippen LogP contribution in [0, 0.1) is 33.5 Å². The van der Waals surface area contributed by atoms with Crippen molar-refractivity contribution in [2.45, 2.75) is 31.3 Å². The van der Waals surface area contributed by atoms with Crippen LogP contribution in [-0.4, -0.2) is 24.5 Å². The predicted molar refractivity (Wildman–Crippen MR) is 84.3 cm³/mol. The van der Waals surface area contributed by atoms with Gasteiger partial charge >= 0.3 is 5.91 Å². The summed E-state index contributed by atoms with van der Waals surface area (Å²) in [4.78, 5) is 2.95. The van der Waals surface area contributed by atoms with Crippen LogP contribution in [0.5, 0.6) is 0 Å². The van der Waals surface area contributed by atoms with Crippen molar-refractivity contribution in [3.05, 3.63) is 34.9 Å². The summed E-state index contributed by atoms with van der Waals surface area (Å²) in [5.74, 6) is -1.24. The lowest BCUT2D eigenvalue weighted by molar-refractivity contribution is -0.679. The van der Waals surface area contributed by atoms with Gasteiger partial charge in [-0.25, -0.2) is 4.99 Å². The highest BCUT2D eigenvalue weighted by Crippen LogP contribution is 2.82. The van der Waals surface area contributed by atoms with Crippen molar-refractivity contribution in [2.75, 3.05) is 6.61 Å². The molecule has 1 saturated carbocycles. The number of rotatable bonds is 1. The number of nitrogens with one attached hydrogen (secondary N) is 1. The number of amidine groups is 1. The van der Waals surface area contributed by atoms with E-state index in [2.05, 4.69) is 17.1 Å². The first kappa shape index (κ1) is 15.4. The number of nitrogens with two attached hydrogens (primary N) is 1. The molecule has 1 aromatic carbocycles. The van der Waals surface area contributed by atoms with Crippen LogP contribution in [0.25, 0.3) is 0 Å². The Morgan fingerprint density at radius 1 is 1.38 bits per heavy atom. The monoisotopic (exact) mass is 343 g/mol. The Bertz CT molecular complexity index is 874. The van der Waals surface area contributed by atoms with E-state index < -0.39 is 22.2 Å². The summed E-state index contributed by atoms with van der Waals surface area (Å²) >= 11 is 6.14. The molecule has 1 saturated heterocycles. The fourth-order valence-corrected chi connectivity index (χ4v) is 4.93. The van der Waals surface area contributed by atoms with Gasteiger partial charge in [0.05, 0.1) is 30.3 Å². The van der Waals surface area contributed by atoms with Crippen molar-refractivity contribution in [1.82, 2.24) is 0 Å². The van der Waals surface area contributed by atoms with Crippen molar-refractivity contribution in [3.8, 4) is 12.1 Å². The normalized spacial score (nSPS) is 45.4. The number of nitriles is 2. The molecule has 2 heterocycles. The first-order valence-electron chi connectivity index (χ1n) is 7.66. The minimum atomic E-state index is -1.43. The Morgan fingerprint density at radius 2 is 2.12 bits per heavy atom. The van der Waals surface area contributed by atoms with Crippen LogP contribution in [0.1, 0.15) is 19.4 Å². The Kier molecular flexibility index (Phi) is 2.75. The summed E-state index contributed by atoms with van der Waals surface area (Å²) in [6.45, 7) is 4.01. The highest BCUT2D eigenvalue weighted by molar-refractivity contribution is 6.30. The molecule has 1 aliphatic carbocycles. The first-order chi connectivity index (χ1) is 11.3. The molecule has 0 amide bonds. The van der Waals surface area contributed by atoms with Gasteiger partial charge in [-0.3, -0.25) is 5.73 Å². The number of hydrogen-bond acceptors (Lipinski definition) is 5. The molecule has 3 aliphatic rings. The van der Waals surface area contributed by atoms with E-state index in [1.807, 2.05) is 19.9 Å². The Hall–Kier alpha value is -2.12. The number of fused-ring (bicyclic) bond motifs is 2. The highest BCUT2D eigenvalue weighted by atomic mass is 35.5. The summed E-state index contributed by atoms with van der Waals surface area (Å²) in [6.07, 6.45) is -0.214.